The van der Waals surface area contributed by atoms with Gasteiger partial charge in [0.05, 0.1) is 16.7 Å². The molecule has 128 valence electrons. The van der Waals surface area contributed by atoms with Gasteiger partial charge in [0.2, 0.25) is 0 Å². The molecule has 0 aliphatic carbocycles. The molecule has 1 fully saturated rings. The van der Waals surface area contributed by atoms with Crippen LogP contribution in [0.25, 0.3) is 0 Å². The van der Waals surface area contributed by atoms with E-state index in [0.29, 0.717) is 20.2 Å². The van der Waals surface area contributed by atoms with Crippen molar-refractivity contribution in [2.24, 2.45) is 0 Å². The van der Waals surface area contributed by atoms with E-state index in [4.69, 9.17) is 27.9 Å². The van der Waals surface area contributed by atoms with Crippen molar-refractivity contribution in [1.82, 2.24) is 0 Å². The smallest absolute Gasteiger partial charge is 0.118 e. The van der Waals surface area contributed by atoms with Crippen molar-refractivity contribution in [3.63, 3.8) is 0 Å². The van der Waals surface area contributed by atoms with E-state index >= 15 is 0 Å². The monoisotopic (exact) mass is 400 g/mol. The Hall–Kier alpha value is -0.520. The zero-order valence-electron chi connectivity index (χ0n) is 13.2. The second kappa shape index (κ2) is 8.24. The molecular formula is C18H18Cl2O2S2. The number of hydrogen-bond donors (Lipinski definition) is 1. The summed E-state index contributed by atoms with van der Waals surface area (Å²) in [7, 11) is 1.61. The highest BCUT2D eigenvalue weighted by Crippen LogP contribution is 2.48. The zero-order chi connectivity index (χ0) is 17.1. The molecule has 2 aromatic carbocycles. The Morgan fingerprint density at radius 2 is 1.75 bits per heavy atom. The second-order valence-electron chi connectivity index (χ2n) is 5.47. The fraction of sp³-hybridized carbons (Fsp3) is 0.333. The largest absolute Gasteiger partial charge is 0.497 e. The molecule has 2 nitrogen and oxygen atoms in total. The third kappa shape index (κ3) is 3.83. The van der Waals surface area contributed by atoms with Crippen LogP contribution < -0.4 is 4.74 Å². The summed E-state index contributed by atoms with van der Waals surface area (Å²) in [5, 5.41) is 11.9. The van der Waals surface area contributed by atoms with Gasteiger partial charge in [0, 0.05) is 10.6 Å². The molecule has 1 unspecified atom stereocenters. The van der Waals surface area contributed by atoms with E-state index in [0.717, 1.165) is 28.4 Å². The van der Waals surface area contributed by atoms with E-state index in [1.807, 2.05) is 59.9 Å². The summed E-state index contributed by atoms with van der Waals surface area (Å²) >= 11 is 16.8. The number of hydrogen-bond acceptors (Lipinski definition) is 4. The highest BCUT2D eigenvalue weighted by Gasteiger charge is 2.25. The standard InChI is InChI=1S/C18H18Cl2O2S2/c1-22-12-5-3-11(4-6-12)17(21)15-14(19)8-7-13(16(15)20)18-23-9-2-10-24-18/h3-8,17-18,21H,2,9-10H2,1H3. The minimum Gasteiger partial charge on any atom is -0.497 e. The Morgan fingerprint density at radius 1 is 1.08 bits per heavy atom. The molecule has 3 rings (SSSR count). The SMILES string of the molecule is COc1ccc(C(O)c2c(Cl)ccc(C3SCCCS3)c2Cl)cc1. The maximum atomic E-state index is 10.8. The number of thioether (sulfide) groups is 2. The van der Waals surface area contributed by atoms with Crippen molar-refractivity contribution < 1.29 is 9.84 Å². The number of aliphatic hydroxyl groups is 1. The molecule has 0 amide bonds. The maximum Gasteiger partial charge on any atom is 0.118 e. The van der Waals surface area contributed by atoms with Crippen molar-refractivity contribution in [1.29, 1.82) is 0 Å². The molecule has 0 saturated carbocycles. The number of benzene rings is 2. The fourth-order valence-electron chi connectivity index (χ4n) is 2.64. The van der Waals surface area contributed by atoms with Gasteiger partial charge in [0.25, 0.3) is 0 Å². The summed E-state index contributed by atoms with van der Waals surface area (Å²) in [4.78, 5) is 0. The molecule has 1 N–H and O–H groups in total. The topological polar surface area (TPSA) is 29.5 Å². The van der Waals surface area contributed by atoms with Gasteiger partial charge >= 0.3 is 0 Å². The van der Waals surface area contributed by atoms with Crippen molar-refractivity contribution in [3.8, 4) is 5.75 Å². The van der Waals surface area contributed by atoms with Crippen molar-refractivity contribution in [2.45, 2.75) is 17.1 Å². The molecule has 0 spiro atoms. The number of halogens is 2. The zero-order valence-corrected chi connectivity index (χ0v) is 16.3. The quantitative estimate of drug-likeness (QED) is 0.685. The summed E-state index contributed by atoms with van der Waals surface area (Å²) in [5.74, 6) is 3.01. The molecule has 6 heteroatoms. The first-order valence-electron chi connectivity index (χ1n) is 7.65. The fourth-order valence-corrected chi connectivity index (χ4v) is 6.40. The van der Waals surface area contributed by atoms with E-state index in [-0.39, 0.29) is 0 Å². The molecule has 1 atom stereocenters. The van der Waals surface area contributed by atoms with Gasteiger partial charge in [0.15, 0.2) is 0 Å². The van der Waals surface area contributed by atoms with Crippen LogP contribution in [0.3, 0.4) is 0 Å². The van der Waals surface area contributed by atoms with Crippen LogP contribution in [-0.2, 0) is 0 Å². The van der Waals surface area contributed by atoms with E-state index in [1.165, 1.54) is 6.42 Å². The van der Waals surface area contributed by atoms with Crippen molar-refractivity contribution >= 4 is 46.7 Å². The maximum absolute atomic E-state index is 10.8. The first-order valence-corrected chi connectivity index (χ1v) is 10.5. The lowest BCUT2D eigenvalue weighted by atomic mass is 9.99. The first-order chi connectivity index (χ1) is 11.6. The van der Waals surface area contributed by atoms with Crippen LogP contribution in [0, 0.1) is 0 Å². The lowest BCUT2D eigenvalue weighted by Gasteiger charge is -2.24. The van der Waals surface area contributed by atoms with Gasteiger partial charge in [-0.2, -0.15) is 0 Å². The van der Waals surface area contributed by atoms with E-state index in [1.54, 1.807) is 7.11 Å². The third-order valence-electron chi connectivity index (χ3n) is 3.94. The van der Waals surface area contributed by atoms with Crippen molar-refractivity contribution in [2.75, 3.05) is 18.6 Å². The van der Waals surface area contributed by atoms with Crippen LogP contribution in [-0.4, -0.2) is 23.7 Å². The Balaban J connectivity index is 1.96. The number of ether oxygens (including phenoxy) is 1. The van der Waals surface area contributed by atoms with Crippen LogP contribution >= 0.6 is 46.7 Å². The molecule has 0 aromatic heterocycles. The minimum atomic E-state index is -0.866. The third-order valence-corrected chi connectivity index (χ3v) is 7.67. The molecule has 1 heterocycles. The number of methoxy groups -OCH3 is 1. The lowest BCUT2D eigenvalue weighted by Crippen LogP contribution is -2.06. The van der Waals surface area contributed by atoms with Crippen LogP contribution in [0.2, 0.25) is 10.0 Å². The van der Waals surface area contributed by atoms with Crippen LogP contribution in [0.5, 0.6) is 5.75 Å². The van der Waals surface area contributed by atoms with Gasteiger partial charge in [-0.15, -0.1) is 23.5 Å². The molecule has 1 saturated heterocycles. The summed E-state index contributed by atoms with van der Waals surface area (Å²) in [6.07, 6.45) is 0.354. The van der Waals surface area contributed by atoms with Gasteiger partial charge in [-0.25, -0.2) is 0 Å². The van der Waals surface area contributed by atoms with Crippen LogP contribution in [0.4, 0.5) is 0 Å². The molecule has 1 aliphatic heterocycles. The average Bonchev–Trinajstić information content (AvgIpc) is 2.62. The Morgan fingerprint density at radius 3 is 2.38 bits per heavy atom. The Labute approximate surface area is 160 Å². The molecule has 24 heavy (non-hydrogen) atoms. The Kier molecular flexibility index (Phi) is 6.27. The molecule has 1 aliphatic rings. The van der Waals surface area contributed by atoms with Gasteiger partial charge in [-0.05, 0) is 47.3 Å². The molecule has 0 radical (unpaired) electrons. The predicted molar refractivity (Wildman–Crippen MR) is 106 cm³/mol. The number of rotatable bonds is 4. The Bertz CT molecular complexity index is 701. The second-order valence-corrected chi connectivity index (χ2v) is 8.98. The predicted octanol–water partition coefficient (Wildman–Crippen LogP) is 5.95. The van der Waals surface area contributed by atoms with E-state index < -0.39 is 6.10 Å². The van der Waals surface area contributed by atoms with Gasteiger partial charge < -0.3 is 9.84 Å². The highest BCUT2D eigenvalue weighted by molar-refractivity contribution is 8.16. The normalized spacial score (nSPS) is 16.8. The number of aliphatic hydroxyl groups excluding tert-OH is 1. The summed E-state index contributed by atoms with van der Waals surface area (Å²) in [6.45, 7) is 0. The summed E-state index contributed by atoms with van der Waals surface area (Å²) in [5.41, 5.74) is 2.35. The van der Waals surface area contributed by atoms with Crippen molar-refractivity contribution in [3.05, 3.63) is 63.1 Å². The summed E-state index contributed by atoms with van der Waals surface area (Å²) in [6, 6.07) is 11.1. The molecular weight excluding hydrogens is 383 g/mol. The molecule has 2 aromatic rings. The summed E-state index contributed by atoms with van der Waals surface area (Å²) < 4.78 is 5.46. The van der Waals surface area contributed by atoms with Crippen LogP contribution in [0.1, 0.15) is 33.8 Å². The van der Waals surface area contributed by atoms with E-state index in [9.17, 15) is 5.11 Å². The van der Waals surface area contributed by atoms with E-state index in [2.05, 4.69) is 0 Å². The average molecular weight is 401 g/mol. The lowest BCUT2D eigenvalue weighted by molar-refractivity contribution is 0.220. The van der Waals surface area contributed by atoms with Gasteiger partial charge in [-0.3, -0.25) is 0 Å². The minimum absolute atomic E-state index is 0.297. The van der Waals surface area contributed by atoms with Gasteiger partial charge in [0.1, 0.15) is 11.9 Å². The first kappa shape index (κ1) is 18.3. The van der Waals surface area contributed by atoms with Gasteiger partial charge in [-0.1, -0.05) is 41.4 Å². The van der Waals surface area contributed by atoms with Crippen LogP contribution in [0.15, 0.2) is 36.4 Å². The molecule has 0 bridgehead atoms. The highest BCUT2D eigenvalue weighted by atomic mass is 35.5.